The maximum absolute atomic E-state index is 13.3. The van der Waals surface area contributed by atoms with E-state index in [-0.39, 0.29) is 11.9 Å². The summed E-state index contributed by atoms with van der Waals surface area (Å²) in [6, 6.07) is 33.6. The van der Waals surface area contributed by atoms with Crippen LogP contribution in [0.3, 0.4) is 0 Å². The molecular weight excluding hydrogens is 712 g/mol. The van der Waals surface area contributed by atoms with Gasteiger partial charge in [-0.3, -0.25) is 24.2 Å². The van der Waals surface area contributed by atoms with E-state index >= 15 is 0 Å². The van der Waals surface area contributed by atoms with Gasteiger partial charge in [0.1, 0.15) is 35.6 Å². The van der Waals surface area contributed by atoms with Gasteiger partial charge in [-0.1, -0.05) is 119 Å². The SMILES string of the molecule is COc1ccc(COC(=O)C(=C(O)CBr)N2C(=O)C(N(C(C)=O)c3ccccc3)C2SC=O)cc1.OC(c1ccccc1)c1ccccc1. The summed E-state index contributed by atoms with van der Waals surface area (Å²) in [5.41, 5.74) is 3.11. The van der Waals surface area contributed by atoms with Crippen LogP contribution in [-0.4, -0.2) is 62.4 Å². The van der Waals surface area contributed by atoms with E-state index in [1.165, 1.54) is 18.9 Å². The molecule has 10 nitrogen and oxygen atoms in total. The first kappa shape index (κ1) is 36.9. The number of thioether (sulfide) groups is 1. The lowest BCUT2D eigenvalue weighted by molar-refractivity contribution is -0.152. The molecule has 5 rings (SSSR count). The lowest BCUT2D eigenvalue weighted by Gasteiger charge is -2.49. The molecule has 0 aromatic heterocycles. The summed E-state index contributed by atoms with van der Waals surface area (Å²) in [7, 11) is 1.53. The predicted octanol–water partition coefficient (Wildman–Crippen LogP) is 6.18. The molecule has 2 amide bonds. The van der Waals surface area contributed by atoms with E-state index in [1.54, 1.807) is 54.6 Å². The molecule has 1 heterocycles. The van der Waals surface area contributed by atoms with Crippen LogP contribution in [0, 0.1) is 0 Å². The molecule has 12 heteroatoms. The number of benzene rings is 4. The molecule has 0 radical (unpaired) electrons. The van der Waals surface area contributed by atoms with Gasteiger partial charge in [-0.2, -0.15) is 0 Å². The van der Waals surface area contributed by atoms with Crippen molar-refractivity contribution < 1.29 is 38.9 Å². The van der Waals surface area contributed by atoms with Crippen LogP contribution in [0.15, 0.2) is 127 Å². The van der Waals surface area contributed by atoms with Crippen LogP contribution in [0.5, 0.6) is 5.75 Å². The number of aliphatic hydroxyl groups is 2. The van der Waals surface area contributed by atoms with Crippen molar-refractivity contribution in [2.45, 2.75) is 31.1 Å². The third-order valence-corrected chi connectivity index (χ3v) is 8.85. The van der Waals surface area contributed by atoms with Crippen LogP contribution in [0.25, 0.3) is 0 Å². The summed E-state index contributed by atoms with van der Waals surface area (Å²) in [4.78, 5) is 52.5. The van der Waals surface area contributed by atoms with E-state index in [0.717, 1.165) is 27.8 Å². The van der Waals surface area contributed by atoms with Crippen LogP contribution in [0.2, 0.25) is 0 Å². The fourth-order valence-electron chi connectivity index (χ4n) is 5.06. The first-order valence-corrected chi connectivity index (χ1v) is 17.1. The van der Waals surface area contributed by atoms with Gasteiger partial charge < -0.3 is 19.7 Å². The minimum Gasteiger partial charge on any atom is -0.509 e. The minimum absolute atomic E-state index is 0.123. The normalized spacial score (nSPS) is 15.6. The number of nitrogens with zero attached hydrogens (tertiary/aromatic N) is 2. The van der Waals surface area contributed by atoms with Crippen molar-refractivity contribution in [3.8, 4) is 5.75 Å². The number of carbonyl (C=O) groups excluding carboxylic acids is 4. The quantitative estimate of drug-likeness (QED) is 0.0435. The molecule has 0 spiro atoms. The number of amides is 2. The van der Waals surface area contributed by atoms with Gasteiger partial charge in [0.2, 0.25) is 5.91 Å². The Morgan fingerprint density at radius 2 is 1.45 bits per heavy atom. The summed E-state index contributed by atoms with van der Waals surface area (Å²) in [6.45, 7) is 1.18. The zero-order chi connectivity index (χ0) is 35.3. The molecule has 254 valence electrons. The Labute approximate surface area is 297 Å². The van der Waals surface area contributed by atoms with E-state index in [9.17, 15) is 29.4 Å². The number of β-lactam (4-membered cyclic amide) rings is 1. The monoisotopic (exact) mass is 746 g/mol. The van der Waals surface area contributed by atoms with Gasteiger partial charge in [0, 0.05) is 12.6 Å². The predicted molar refractivity (Wildman–Crippen MR) is 192 cm³/mol. The minimum atomic E-state index is -1.06. The molecule has 0 saturated carbocycles. The summed E-state index contributed by atoms with van der Waals surface area (Å²) >= 11 is 3.81. The van der Waals surface area contributed by atoms with Crippen molar-refractivity contribution in [3.05, 3.63) is 143 Å². The Morgan fingerprint density at radius 3 is 1.92 bits per heavy atom. The van der Waals surface area contributed by atoms with E-state index in [1.807, 2.05) is 60.7 Å². The van der Waals surface area contributed by atoms with Crippen LogP contribution in [0.4, 0.5) is 5.69 Å². The number of allylic oxidation sites excluding steroid dienone is 1. The smallest absolute Gasteiger partial charge is 0.358 e. The highest BCUT2D eigenvalue weighted by molar-refractivity contribution is 9.09. The lowest BCUT2D eigenvalue weighted by Crippen LogP contribution is -2.70. The largest absolute Gasteiger partial charge is 0.509 e. The van der Waals surface area contributed by atoms with Gasteiger partial charge in [-0.15, -0.1) is 0 Å². The van der Waals surface area contributed by atoms with E-state index < -0.39 is 46.8 Å². The Morgan fingerprint density at radius 1 is 0.918 bits per heavy atom. The average Bonchev–Trinajstić information content (AvgIpc) is 3.15. The number of carbonyl (C=O) groups is 4. The van der Waals surface area contributed by atoms with Gasteiger partial charge >= 0.3 is 5.97 Å². The zero-order valence-electron chi connectivity index (χ0n) is 26.7. The summed E-state index contributed by atoms with van der Waals surface area (Å²) in [6.07, 6.45) is -0.516. The maximum atomic E-state index is 13.3. The lowest BCUT2D eigenvalue weighted by atomic mass is 10.0. The summed E-state index contributed by atoms with van der Waals surface area (Å²) in [5.74, 6) is -1.80. The Bertz CT molecular complexity index is 1700. The molecule has 49 heavy (non-hydrogen) atoms. The van der Waals surface area contributed by atoms with Crippen LogP contribution < -0.4 is 9.64 Å². The number of rotatable bonds is 12. The number of esters is 1. The van der Waals surface area contributed by atoms with Crippen LogP contribution >= 0.6 is 27.7 Å². The maximum Gasteiger partial charge on any atom is 0.358 e. The van der Waals surface area contributed by atoms with Gasteiger partial charge in [0.15, 0.2) is 11.3 Å². The molecule has 4 aromatic carbocycles. The third-order valence-electron chi connectivity index (χ3n) is 7.46. The molecule has 2 atom stereocenters. The second-order valence-electron chi connectivity index (χ2n) is 10.6. The fraction of sp³-hybridized carbons (Fsp3) is 0.189. The van der Waals surface area contributed by atoms with E-state index in [0.29, 0.717) is 22.6 Å². The zero-order valence-corrected chi connectivity index (χ0v) is 29.1. The number of likely N-dealkylation sites (tertiary alicyclic amines) is 1. The first-order chi connectivity index (χ1) is 23.7. The summed E-state index contributed by atoms with van der Waals surface area (Å²) in [5, 5.41) is 19.4. The van der Waals surface area contributed by atoms with Crippen molar-refractivity contribution in [3.63, 3.8) is 0 Å². The third kappa shape index (κ3) is 9.17. The average molecular weight is 748 g/mol. The molecule has 2 N–H and O–H groups in total. The first-order valence-electron chi connectivity index (χ1n) is 15.0. The molecule has 0 bridgehead atoms. The number of anilines is 1. The van der Waals surface area contributed by atoms with E-state index in [4.69, 9.17) is 9.47 Å². The fourth-order valence-corrected chi connectivity index (χ4v) is 6.16. The number of hydrogen-bond donors (Lipinski definition) is 2. The number of alkyl halides is 1. The van der Waals surface area contributed by atoms with Crippen LogP contribution in [-0.2, 0) is 30.5 Å². The molecule has 1 fully saturated rings. The van der Waals surface area contributed by atoms with Crippen molar-refractivity contribution in [2.24, 2.45) is 0 Å². The Kier molecular flexibility index (Phi) is 13.6. The molecule has 1 aliphatic heterocycles. The molecule has 4 aromatic rings. The van der Waals surface area contributed by atoms with Crippen molar-refractivity contribution >= 4 is 56.8 Å². The van der Waals surface area contributed by atoms with Gasteiger partial charge in [0.05, 0.1) is 12.4 Å². The highest BCUT2D eigenvalue weighted by Crippen LogP contribution is 2.39. The standard InChI is InChI=1S/C24H23BrN2O7S.C13H12O/c1-15(29)26(17-6-4-3-5-7-17)21-22(31)27(23(21)35-14-28)20(19(30)12-25)24(32)34-13-16-8-10-18(33-2)11-9-16;14-13(11-7-3-1-4-8-11)12-9-5-2-6-10-12/h3-11,14,21,23,30H,12-13H2,1-2H3;1-10,13-14H. The molecule has 1 saturated heterocycles. The van der Waals surface area contributed by atoms with Crippen molar-refractivity contribution in [1.29, 1.82) is 0 Å². The van der Waals surface area contributed by atoms with Gasteiger partial charge in [-0.25, -0.2) is 4.79 Å². The number of methoxy groups -OCH3 is 1. The van der Waals surface area contributed by atoms with Gasteiger partial charge in [-0.05, 0) is 41.0 Å². The number of para-hydroxylation sites is 1. The molecular formula is C37H35BrN2O8S. The second kappa shape index (κ2) is 18.0. The molecule has 2 unspecified atom stereocenters. The van der Waals surface area contributed by atoms with Crippen molar-refractivity contribution in [2.75, 3.05) is 17.3 Å². The second-order valence-corrected chi connectivity index (χ2v) is 12.1. The highest BCUT2D eigenvalue weighted by atomic mass is 79.9. The van der Waals surface area contributed by atoms with Gasteiger partial charge in [0.25, 0.3) is 5.91 Å². The Balaban J connectivity index is 0.000000319. The van der Waals surface area contributed by atoms with E-state index in [2.05, 4.69) is 15.9 Å². The molecule has 1 aliphatic rings. The number of aliphatic hydroxyl groups excluding tert-OH is 2. The number of ether oxygens (including phenoxy) is 2. The Hall–Kier alpha value is -4.91. The number of hydrogen-bond acceptors (Lipinski definition) is 9. The topological polar surface area (TPSA) is 134 Å². The highest BCUT2D eigenvalue weighted by Gasteiger charge is 2.56. The number of halogens is 1. The summed E-state index contributed by atoms with van der Waals surface area (Å²) < 4.78 is 10.5. The van der Waals surface area contributed by atoms with Crippen molar-refractivity contribution in [1.82, 2.24) is 4.90 Å². The molecule has 0 aliphatic carbocycles. The van der Waals surface area contributed by atoms with Crippen LogP contribution in [0.1, 0.15) is 29.7 Å².